The number of amides is 1. The molecule has 0 saturated heterocycles. The van der Waals surface area contributed by atoms with Crippen LogP contribution in [0, 0.1) is 0 Å². The van der Waals surface area contributed by atoms with Crippen LogP contribution in [0.15, 0.2) is 18.2 Å². The molecule has 1 aromatic carbocycles. The molecule has 0 aromatic heterocycles. The minimum absolute atomic E-state index is 0.0715. The first-order valence-electron chi connectivity index (χ1n) is 6.20. The van der Waals surface area contributed by atoms with E-state index in [4.69, 9.17) is 0 Å². The van der Waals surface area contributed by atoms with Gasteiger partial charge < -0.3 is 4.90 Å². The monoisotopic (exact) mass is 233 g/mol. The summed E-state index contributed by atoms with van der Waals surface area (Å²) in [7, 11) is 3.57. The third kappa shape index (κ3) is 3.09. The van der Waals surface area contributed by atoms with E-state index in [1.807, 2.05) is 12.1 Å². The summed E-state index contributed by atoms with van der Waals surface area (Å²) in [5, 5.41) is 0. The molecule has 0 bridgehead atoms. The molecule has 0 heterocycles. The van der Waals surface area contributed by atoms with E-state index in [-0.39, 0.29) is 5.91 Å². The van der Waals surface area contributed by atoms with Crippen LogP contribution in [0.1, 0.15) is 61.0 Å². The third-order valence-corrected chi connectivity index (χ3v) is 2.98. The van der Waals surface area contributed by atoms with Gasteiger partial charge in [-0.15, -0.1) is 0 Å². The van der Waals surface area contributed by atoms with Crippen LogP contribution >= 0.6 is 0 Å². The zero-order valence-electron chi connectivity index (χ0n) is 11.7. The minimum atomic E-state index is 0.0715. The van der Waals surface area contributed by atoms with Crippen molar-refractivity contribution in [3.05, 3.63) is 34.9 Å². The predicted molar refractivity (Wildman–Crippen MR) is 72.6 cm³/mol. The summed E-state index contributed by atoms with van der Waals surface area (Å²) in [5.41, 5.74) is 3.41. The molecule has 0 atom stereocenters. The van der Waals surface area contributed by atoms with E-state index in [1.165, 1.54) is 11.1 Å². The van der Waals surface area contributed by atoms with Gasteiger partial charge in [0.2, 0.25) is 0 Å². The van der Waals surface area contributed by atoms with Crippen molar-refractivity contribution in [3.63, 3.8) is 0 Å². The SMILES string of the molecule is CC(C)c1ccc(C(=O)N(C)C)cc1C(C)C. The lowest BCUT2D eigenvalue weighted by Crippen LogP contribution is -2.22. The zero-order valence-corrected chi connectivity index (χ0v) is 11.7. The maximum atomic E-state index is 11.9. The van der Waals surface area contributed by atoms with E-state index in [0.29, 0.717) is 11.8 Å². The van der Waals surface area contributed by atoms with Crippen molar-refractivity contribution >= 4 is 5.91 Å². The van der Waals surface area contributed by atoms with E-state index in [1.54, 1.807) is 19.0 Å². The normalized spacial score (nSPS) is 11.1. The van der Waals surface area contributed by atoms with Gasteiger partial charge in [0.05, 0.1) is 0 Å². The molecule has 17 heavy (non-hydrogen) atoms. The summed E-state index contributed by atoms with van der Waals surface area (Å²) >= 11 is 0. The van der Waals surface area contributed by atoms with Crippen molar-refractivity contribution < 1.29 is 4.79 Å². The van der Waals surface area contributed by atoms with Crippen molar-refractivity contribution in [1.82, 2.24) is 4.90 Å². The Hall–Kier alpha value is -1.31. The van der Waals surface area contributed by atoms with Crippen molar-refractivity contribution in [2.24, 2.45) is 0 Å². The highest BCUT2D eigenvalue weighted by Gasteiger charge is 2.14. The molecule has 0 aliphatic rings. The predicted octanol–water partition coefficient (Wildman–Crippen LogP) is 3.64. The van der Waals surface area contributed by atoms with E-state index >= 15 is 0 Å². The molecule has 1 amide bonds. The molecule has 0 spiro atoms. The van der Waals surface area contributed by atoms with Crippen LogP contribution in [0.5, 0.6) is 0 Å². The molecule has 0 N–H and O–H groups in total. The van der Waals surface area contributed by atoms with Crippen LogP contribution in [0.25, 0.3) is 0 Å². The van der Waals surface area contributed by atoms with Gasteiger partial charge in [0.1, 0.15) is 0 Å². The van der Waals surface area contributed by atoms with Crippen LogP contribution < -0.4 is 0 Å². The van der Waals surface area contributed by atoms with Gasteiger partial charge in [-0.1, -0.05) is 33.8 Å². The Morgan fingerprint density at radius 2 is 1.53 bits per heavy atom. The Labute approximate surface area is 105 Å². The summed E-state index contributed by atoms with van der Waals surface area (Å²) in [5.74, 6) is 1.01. The van der Waals surface area contributed by atoms with Gasteiger partial charge in [0.15, 0.2) is 0 Å². The molecule has 2 heteroatoms. The lowest BCUT2D eigenvalue weighted by atomic mass is 9.89. The molecule has 0 aliphatic carbocycles. The number of carbonyl (C=O) groups is 1. The first-order chi connectivity index (χ1) is 7.84. The second-order valence-corrected chi connectivity index (χ2v) is 5.35. The molecule has 0 saturated carbocycles. The fourth-order valence-corrected chi connectivity index (χ4v) is 1.99. The molecule has 0 aliphatic heterocycles. The lowest BCUT2D eigenvalue weighted by Gasteiger charge is -2.18. The van der Waals surface area contributed by atoms with Crippen LogP contribution in [-0.4, -0.2) is 24.9 Å². The second-order valence-electron chi connectivity index (χ2n) is 5.35. The van der Waals surface area contributed by atoms with Crippen molar-refractivity contribution in [2.45, 2.75) is 39.5 Å². The number of hydrogen-bond donors (Lipinski definition) is 0. The molecule has 1 aromatic rings. The first kappa shape index (κ1) is 13.8. The summed E-state index contributed by atoms with van der Waals surface area (Å²) in [6, 6.07) is 6.07. The number of nitrogens with zero attached hydrogens (tertiary/aromatic N) is 1. The molecular formula is C15H23NO. The molecule has 94 valence electrons. The third-order valence-electron chi connectivity index (χ3n) is 2.98. The fraction of sp³-hybridized carbons (Fsp3) is 0.533. The van der Waals surface area contributed by atoms with E-state index in [2.05, 4.69) is 33.8 Å². The molecule has 2 nitrogen and oxygen atoms in total. The van der Waals surface area contributed by atoms with Gasteiger partial charge in [-0.05, 0) is 35.1 Å². The number of carbonyl (C=O) groups excluding carboxylic acids is 1. The average molecular weight is 233 g/mol. The standard InChI is InChI=1S/C15H23NO/c1-10(2)13-8-7-12(15(17)16(5)6)9-14(13)11(3)4/h7-11H,1-6H3. The van der Waals surface area contributed by atoms with Gasteiger partial charge in [-0.25, -0.2) is 0 Å². The highest BCUT2D eigenvalue weighted by molar-refractivity contribution is 5.94. The van der Waals surface area contributed by atoms with Gasteiger partial charge >= 0.3 is 0 Å². The summed E-state index contributed by atoms with van der Waals surface area (Å²) in [6.07, 6.45) is 0. The van der Waals surface area contributed by atoms with E-state index in [9.17, 15) is 4.79 Å². The lowest BCUT2D eigenvalue weighted by molar-refractivity contribution is 0.0827. The number of hydrogen-bond acceptors (Lipinski definition) is 1. The van der Waals surface area contributed by atoms with Crippen molar-refractivity contribution in [3.8, 4) is 0 Å². The van der Waals surface area contributed by atoms with Crippen molar-refractivity contribution in [1.29, 1.82) is 0 Å². The Balaban J connectivity index is 3.23. The summed E-state index contributed by atoms with van der Waals surface area (Å²) in [6.45, 7) is 8.72. The first-order valence-corrected chi connectivity index (χ1v) is 6.20. The Bertz CT molecular complexity index is 405. The molecule has 0 unspecified atom stereocenters. The number of rotatable bonds is 3. The fourth-order valence-electron chi connectivity index (χ4n) is 1.99. The van der Waals surface area contributed by atoms with Crippen LogP contribution in [-0.2, 0) is 0 Å². The van der Waals surface area contributed by atoms with E-state index < -0.39 is 0 Å². The maximum Gasteiger partial charge on any atom is 0.253 e. The minimum Gasteiger partial charge on any atom is -0.345 e. The Morgan fingerprint density at radius 3 is 1.94 bits per heavy atom. The smallest absolute Gasteiger partial charge is 0.253 e. The van der Waals surface area contributed by atoms with Crippen LogP contribution in [0.3, 0.4) is 0 Å². The topological polar surface area (TPSA) is 20.3 Å². The van der Waals surface area contributed by atoms with Gasteiger partial charge in [0, 0.05) is 19.7 Å². The Kier molecular flexibility index (Phi) is 4.33. The van der Waals surface area contributed by atoms with Gasteiger partial charge in [0.25, 0.3) is 5.91 Å². The molecule has 0 radical (unpaired) electrons. The van der Waals surface area contributed by atoms with Crippen LogP contribution in [0.4, 0.5) is 0 Å². The summed E-state index contributed by atoms with van der Waals surface area (Å²) in [4.78, 5) is 13.5. The zero-order chi connectivity index (χ0) is 13.2. The largest absolute Gasteiger partial charge is 0.345 e. The maximum absolute atomic E-state index is 11.9. The Morgan fingerprint density at radius 1 is 1.00 bits per heavy atom. The average Bonchev–Trinajstić information content (AvgIpc) is 2.26. The van der Waals surface area contributed by atoms with E-state index in [0.717, 1.165) is 5.56 Å². The van der Waals surface area contributed by atoms with Crippen molar-refractivity contribution in [2.75, 3.05) is 14.1 Å². The van der Waals surface area contributed by atoms with Gasteiger partial charge in [-0.2, -0.15) is 0 Å². The molecule has 0 fully saturated rings. The number of benzene rings is 1. The molecule has 1 rings (SSSR count). The molecular weight excluding hydrogens is 210 g/mol. The highest BCUT2D eigenvalue weighted by atomic mass is 16.2. The summed E-state index contributed by atoms with van der Waals surface area (Å²) < 4.78 is 0. The van der Waals surface area contributed by atoms with Crippen LogP contribution in [0.2, 0.25) is 0 Å². The quantitative estimate of drug-likeness (QED) is 0.780. The second kappa shape index (κ2) is 5.35. The highest BCUT2D eigenvalue weighted by Crippen LogP contribution is 2.27. The van der Waals surface area contributed by atoms with Gasteiger partial charge in [-0.3, -0.25) is 4.79 Å².